The number of carbonyl (C=O) groups is 1. The number of hydrogen-bond acceptors (Lipinski definition) is 3. The molecule has 4 heteroatoms. The topological polar surface area (TPSA) is 51.2 Å². The number of carbonyl (C=O) groups excluding carboxylic acids is 1. The SMILES string of the molecule is Cc1ccc(O[C@H](C)C(=O)Nc2cccc3ncccc23)cc1. The van der Waals surface area contributed by atoms with Gasteiger partial charge in [0.15, 0.2) is 6.10 Å². The highest BCUT2D eigenvalue weighted by molar-refractivity contribution is 6.02. The number of aryl methyl sites for hydroxylation is 1. The Morgan fingerprint density at radius 2 is 1.87 bits per heavy atom. The van der Waals surface area contributed by atoms with Crippen LogP contribution in [0, 0.1) is 6.92 Å². The van der Waals surface area contributed by atoms with E-state index in [4.69, 9.17) is 4.74 Å². The van der Waals surface area contributed by atoms with E-state index in [2.05, 4.69) is 10.3 Å². The average molecular weight is 306 g/mol. The first-order chi connectivity index (χ1) is 11.1. The number of rotatable bonds is 4. The molecule has 0 aliphatic rings. The molecule has 0 spiro atoms. The van der Waals surface area contributed by atoms with Crippen molar-refractivity contribution in [2.75, 3.05) is 5.32 Å². The fourth-order valence-electron chi connectivity index (χ4n) is 2.32. The van der Waals surface area contributed by atoms with Gasteiger partial charge in [-0.3, -0.25) is 9.78 Å². The lowest BCUT2D eigenvalue weighted by Crippen LogP contribution is -2.30. The molecular weight excluding hydrogens is 288 g/mol. The van der Waals surface area contributed by atoms with Crippen LogP contribution in [0.5, 0.6) is 5.75 Å². The van der Waals surface area contributed by atoms with Gasteiger partial charge in [0.2, 0.25) is 0 Å². The Labute approximate surface area is 135 Å². The molecule has 0 fully saturated rings. The fourth-order valence-corrected chi connectivity index (χ4v) is 2.32. The fraction of sp³-hybridized carbons (Fsp3) is 0.158. The summed E-state index contributed by atoms with van der Waals surface area (Å²) in [6, 6.07) is 17.1. The van der Waals surface area contributed by atoms with Gasteiger partial charge in [-0.1, -0.05) is 23.8 Å². The number of fused-ring (bicyclic) bond motifs is 1. The summed E-state index contributed by atoms with van der Waals surface area (Å²) >= 11 is 0. The molecule has 0 saturated carbocycles. The summed E-state index contributed by atoms with van der Waals surface area (Å²) in [7, 11) is 0. The van der Waals surface area contributed by atoms with Crippen molar-refractivity contribution < 1.29 is 9.53 Å². The van der Waals surface area contributed by atoms with E-state index in [0.717, 1.165) is 22.2 Å². The van der Waals surface area contributed by atoms with Crippen molar-refractivity contribution in [2.24, 2.45) is 0 Å². The van der Waals surface area contributed by atoms with Crippen molar-refractivity contribution in [1.82, 2.24) is 4.98 Å². The van der Waals surface area contributed by atoms with Gasteiger partial charge in [0.1, 0.15) is 5.75 Å². The first-order valence-electron chi connectivity index (χ1n) is 7.51. The van der Waals surface area contributed by atoms with Crippen molar-refractivity contribution in [3.05, 3.63) is 66.4 Å². The molecule has 0 aliphatic heterocycles. The Morgan fingerprint density at radius 1 is 1.09 bits per heavy atom. The van der Waals surface area contributed by atoms with Gasteiger partial charge in [0, 0.05) is 11.6 Å². The summed E-state index contributed by atoms with van der Waals surface area (Å²) in [5, 5.41) is 3.82. The molecule has 0 aliphatic carbocycles. The predicted octanol–water partition coefficient (Wildman–Crippen LogP) is 3.95. The van der Waals surface area contributed by atoms with Crippen LogP contribution in [-0.4, -0.2) is 17.0 Å². The van der Waals surface area contributed by atoms with Gasteiger partial charge in [-0.2, -0.15) is 0 Å². The Hall–Kier alpha value is -2.88. The summed E-state index contributed by atoms with van der Waals surface area (Å²) in [4.78, 5) is 16.7. The molecule has 1 aromatic heterocycles. The van der Waals surface area contributed by atoms with Crippen molar-refractivity contribution in [2.45, 2.75) is 20.0 Å². The monoisotopic (exact) mass is 306 g/mol. The third kappa shape index (κ3) is 3.48. The predicted molar refractivity (Wildman–Crippen MR) is 91.6 cm³/mol. The van der Waals surface area contributed by atoms with Gasteiger partial charge in [-0.05, 0) is 50.2 Å². The number of nitrogens with zero attached hydrogens (tertiary/aromatic N) is 1. The van der Waals surface area contributed by atoms with E-state index in [1.807, 2.05) is 61.5 Å². The lowest BCUT2D eigenvalue weighted by Gasteiger charge is -2.15. The van der Waals surface area contributed by atoms with Crippen LogP contribution in [-0.2, 0) is 4.79 Å². The highest BCUT2D eigenvalue weighted by Crippen LogP contribution is 2.22. The summed E-state index contributed by atoms with van der Waals surface area (Å²) < 4.78 is 5.69. The standard InChI is InChI=1S/C19H18N2O2/c1-13-8-10-15(11-9-13)23-14(2)19(22)21-18-7-3-6-17-16(18)5-4-12-20-17/h3-12,14H,1-2H3,(H,21,22)/t14-/m1/s1. The average Bonchev–Trinajstić information content (AvgIpc) is 2.57. The molecule has 3 aromatic rings. The molecular formula is C19H18N2O2. The number of amides is 1. The number of aromatic nitrogens is 1. The molecule has 2 aromatic carbocycles. The molecule has 116 valence electrons. The van der Waals surface area contributed by atoms with Crippen LogP contribution < -0.4 is 10.1 Å². The Bertz CT molecular complexity index is 823. The summed E-state index contributed by atoms with van der Waals surface area (Å²) in [5.41, 5.74) is 2.73. The lowest BCUT2D eigenvalue weighted by molar-refractivity contribution is -0.122. The Morgan fingerprint density at radius 3 is 2.65 bits per heavy atom. The van der Waals surface area contributed by atoms with Crippen LogP contribution >= 0.6 is 0 Å². The first kappa shape index (κ1) is 15.0. The van der Waals surface area contributed by atoms with Crippen molar-refractivity contribution in [1.29, 1.82) is 0 Å². The minimum atomic E-state index is -0.593. The maximum Gasteiger partial charge on any atom is 0.265 e. The maximum absolute atomic E-state index is 12.4. The van der Waals surface area contributed by atoms with Crippen molar-refractivity contribution in [3.8, 4) is 5.75 Å². The zero-order chi connectivity index (χ0) is 16.2. The van der Waals surface area contributed by atoms with Crippen molar-refractivity contribution >= 4 is 22.5 Å². The van der Waals surface area contributed by atoms with Gasteiger partial charge in [-0.15, -0.1) is 0 Å². The molecule has 1 N–H and O–H groups in total. The molecule has 3 rings (SSSR count). The van der Waals surface area contributed by atoms with E-state index >= 15 is 0 Å². The first-order valence-corrected chi connectivity index (χ1v) is 7.51. The molecule has 0 saturated heterocycles. The van der Waals surface area contributed by atoms with E-state index in [-0.39, 0.29) is 5.91 Å². The quantitative estimate of drug-likeness (QED) is 0.794. The molecule has 4 nitrogen and oxygen atoms in total. The smallest absolute Gasteiger partial charge is 0.265 e. The number of pyridine rings is 1. The van der Waals surface area contributed by atoms with Crippen LogP contribution in [0.25, 0.3) is 10.9 Å². The van der Waals surface area contributed by atoms with Gasteiger partial charge in [-0.25, -0.2) is 0 Å². The largest absolute Gasteiger partial charge is 0.481 e. The third-order valence-electron chi connectivity index (χ3n) is 3.61. The van der Waals surface area contributed by atoms with Crippen LogP contribution in [0.3, 0.4) is 0 Å². The summed E-state index contributed by atoms with van der Waals surface area (Å²) in [5.74, 6) is 0.486. The molecule has 0 radical (unpaired) electrons. The molecule has 1 atom stereocenters. The van der Waals surface area contributed by atoms with Crippen LogP contribution in [0.1, 0.15) is 12.5 Å². The molecule has 1 amide bonds. The molecule has 23 heavy (non-hydrogen) atoms. The summed E-state index contributed by atoms with van der Waals surface area (Å²) in [6.07, 6.45) is 1.14. The van der Waals surface area contributed by atoms with Gasteiger partial charge < -0.3 is 10.1 Å². The minimum Gasteiger partial charge on any atom is -0.481 e. The number of ether oxygens (including phenoxy) is 1. The highest BCUT2D eigenvalue weighted by atomic mass is 16.5. The van der Waals surface area contributed by atoms with E-state index in [1.165, 1.54) is 0 Å². The van der Waals surface area contributed by atoms with Crippen LogP contribution in [0.15, 0.2) is 60.8 Å². The number of hydrogen-bond donors (Lipinski definition) is 1. The molecule has 0 bridgehead atoms. The highest BCUT2D eigenvalue weighted by Gasteiger charge is 2.16. The van der Waals surface area contributed by atoms with Crippen LogP contribution in [0.2, 0.25) is 0 Å². The van der Waals surface area contributed by atoms with Gasteiger partial charge in [0.25, 0.3) is 5.91 Å². The van der Waals surface area contributed by atoms with E-state index < -0.39 is 6.10 Å². The van der Waals surface area contributed by atoms with Crippen molar-refractivity contribution in [3.63, 3.8) is 0 Å². The maximum atomic E-state index is 12.4. The van der Waals surface area contributed by atoms with Gasteiger partial charge >= 0.3 is 0 Å². The Kier molecular flexibility index (Phi) is 4.24. The zero-order valence-corrected chi connectivity index (χ0v) is 13.1. The second kappa shape index (κ2) is 6.48. The van der Waals surface area contributed by atoms with E-state index in [0.29, 0.717) is 5.75 Å². The second-order valence-corrected chi connectivity index (χ2v) is 5.44. The lowest BCUT2D eigenvalue weighted by atomic mass is 10.2. The zero-order valence-electron chi connectivity index (χ0n) is 13.1. The molecule has 0 unspecified atom stereocenters. The van der Waals surface area contributed by atoms with Crippen LogP contribution in [0.4, 0.5) is 5.69 Å². The number of nitrogens with one attached hydrogen (secondary N) is 1. The number of benzene rings is 2. The van der Waals surface area contributed by atoms with E-state index in [9.17, 15) is 4.79 Å². The summed E-state index contributed by atoms with van der Waals surface area (Å²) in [6.45, 7) is 3.74. The second-order valence-electron chi connectivity index (χ2n) is 5.44. The Balaban J connectivity index is 1.74. The van der Waals surface area contributed by atoms with E-state index in [1.54, 1.807) is 13.1 Å². The third-order valence-corrected chi connectivity index (χ3v) is 3.61. The minimum absolute atomic E-state index is 0.193. The number of anilines is 1. The van der Waals surface area contributed by atoms with Gasteiger partial charge in [0.05, 0.1) is 11.2 Å². The normalized spacial score (nSPS) is 11.9. The molecule has 1 heterocycles.